The van der Waals surface area contributed by atoms with Crippen molar-refractivity contribution in [2.75, 3.05) is 51.8 Å². The van der Waals surface area contributed by atoms with Gasteiger partial charge in [0.1, 0.15) is 11.6 Å². The van der Waals surface area contributed by atoms with E-state index in [1.807, 2.05) is 36.4 Å². The lowest BCUT2D eigenvalue weighted by Gasteiger charge is -2.26. The zero-order chi connectivity index (χ0) is 19.2. The maximum absolute atomic E-state index is 5.35. The van der Waals surface area contributed by atoms with E-state index in [1.54, 1.807) is 7.11 Å². The van der Waals surface area contributed by atoms with Crippen LogP contribution in [0.15, 0.2) is 40.9 Å². The van der Waals surface area contributed by atoms with Crippen LogP contribution in [0, 0.1) is 0 Å². The lowest BCUT2D eigenvalue weighted by atomic mass is 10.2. The SMILES string of the molecule is COc1ccc(-c2noc(-c3ccc(NCCN4CCOCC4)nn3)n2)cc1. The summed E-state index contributed by atoms with van der Waals surface area (Å²) < 4.78 is 15.8. The number of hydrogen-bond donors (Lipinski definition) is 1. The second kappa shape index (κ2) is 8.77. The number of aromatic nitrogens is 4. The van der Waals surface area contributed by atoms with Crippen molar-refractivity contribution in [3.63, 3.8) is 0 Å². The average molecular weight is 382 g/mol. The van der Waals surface area contributed by atoms with Gasteiger partial charge in [-0.05, 0) is 36.4 Å². The van der Waals surface area contributed by atoms with Crippen LogP contribution >= 0.6 is 0 Å². The monoisotopic (exact) mass is 382 g/mol. The molecule has 0 unspecified atom stereocenters. The number of benzene rings is 1. The second-order valence-electron chi connectivity index (χ2n) is 6.34. The highest BCUT2D eigenvalue weighted by atomic mass is 16.5. The van der Waals surface area contributed by atoms with E-state index in [1.165, 1.54) is 0 Å². The van der Waals surface area contributed by atoms with E-state index >= 15 is 0 Å². The molecule has 9 nitrogen and oxygen atoms in total. The molecule has 0 radical (unpaired) electrons. The largest absolute Gasteiger partial charge is 0.497 e. The summed E-state index contributed by atoms with van der Waals surface area (Å²) in [5.41, 5.74) is 1.37. The number of methoxy groups -OCH3 is 1. The Labute approximate surface area is 162 Å². The number of ether oxygens (including phenoxy) is 2. The first-order valence-corrected chi connectivity index (χ1v) is 9.18. The van der Waals surface area contributed by atoms with Crippen LogP contribution in [0.2, 0.25) is 0 Å². The van der Waals surface area contributed by atoms with Gasteiger partial charge in [-0.2, -0.15) is 4.98 Å². The van der Waals surface area contributed by atoms with E-state index in [4.69, 9.17) is 14.0 Å². The summed E-state index contributed by atoms with van der Waals surface area (Å²) in [4.78, 5) is 6.76. The normalized spacial score (nSPS) is 14.8. The van der Waals surface area contributed by atoms with Crippen molar-refractivity contribution in [1.29, 1.82) is 0 Å². The van der Waals surface area contributed by atoms with E-state index in [9.17, 15) is 0 Å². The molecule has 1 N–H and O–H groups in total. The molecule has 1 aliphatic heterocycles. The van der Waals surface area contributed by atoms with E-state index in [-0.39, 0.29) is 0 Å². The third kappa shape index (κ3) is 4.44. The maximum atomic E-state index is 5.35. The standard InChI is InChI=1S/C19H22N6O3/c1-26-15-4-2-14(3-5-15)18-21-19(28-24-18)16-6-7-17(23-22-16)20-8-9-25-10-12-27-13-11-25/h2-7H,8-13H2,1H3,(H,20,23). The molecule has 1 aliphatic rings. The van der Waals surface area contributed by atoms with Gasteiger partial charge in [-0.1, -0.05) is 5.16 Å². The average Bonchev–Trinajstić information content (AvgIpc) is 3.25. The summed E-state index contributed by atoms with van der Waals surface area (Å²) in [7, 11) is 1.63. The first-order chi connectivity index (χ1) is 13.8. The Morgan fingerprint density at radius 1 is 1.07 bits per heavy atom. The molecule has 28 heavy (non-hydrogen) atoms. The van der Waals surface area contributed by atoms with Crippen molar-refractivity contribution in [3.05, 3.63) is 36.4 Å². The van der Waals surface area contributed by atoms with Gasteiger partial charge in [0.2, 0.25) is 5.82 Å². The molecular weight excluding hydrogens is 360 g/mol. The van der Waals surface area contributed by atoms with Crippen molar-refractivity contribution in [3.8, 4) is 28.7 Å². The van der Waals surface area contributed by atoms with Gasteiger partial charge < -0.3 is 19.3 Å². The topological polar surface area (TPSA) is 98.4 Å². The number of hydrogen-bond acceptors (Lipinski definition) is 9. The van der Waals surface area contributed by atoms with Crippen molar-refractivity contribution >= 4 is 5.82 Å². The minimum absolute atomic E-state index is 0.332. The van der Waals surface area contributed by atoms with Crippen LogP contribution < -0.4 is 10.1 Å². The molecule has 9 heteroatoms. The van der Waals surface area contributed by atoms with E-state index in [0.717, 1.165) is 50.7 Å². The number of nitrogens with one attached hydrogen (secondary N) is 1. The molecule has 0 atom stereocenters. The van der Waals surface area contributed by atoms with Crippen molar-refractivity contribution in [1.82, 2.24) is 25.2 Å². The Bertz CT molecular complexity index is 875. The summed E-state index contributed by atoms with van der Waals surface area (Å²) in [6, 6.07) is 11.1. The van der Waals surface area contributed by atoms with Crippen LogP contribution in [0.1, 0.15) is 0 Å². The maximum Gasteiger partial charge on any atom is 0.278 e. The Balaban J connectivity index is 1.35. The Morgan fingerprint density at radius 3 is 2.61 bits per heavy atom. The zero-order valence-corrected chi connectivity index (χ0v) is 15.7. The molecule has 3 aromatic rings. The molecule has 0 aliphatic carbocycles. The minimum atomic E-state index is 0.332. The Kier molecular flexibility index (Phi) is 5.74. The van der Waals surface area contributed by atoms with E-state index in [0.29, 0.717) is 23.2 Å². The minimum Gasteiger partial charge on any atom is -0.497 e. The van der Waals surface area contributed by atoms with Crippen LogP contribution in [0.3, 0.4) is 0 Å². The molecule has 1 fully saturated rings. The van der Waals surface area contributed by atoms with Crippen molar-refractivity contribution in [2.45, 2.75) is 0 Å². The second-order valence-corrected chi connectivity index (χ2v) is 6.34. The van der Waals surface area contributed by atoms with Crippen LogP contribution in [-0.2, 0) is 4.74 Å². The molecule has 3 heterocycles. The van der Waals surface area contributed by atoms with Gasteiger partial charge in [0.25, 0.3) is 5.89 Å². The van der Waals surface area contributed by atoms with Crippen molar-refractivity contribution < 1.29 is 14.0 Å². The molecule has 0 spiro atoms. The van der Waals surface area contributed by atoms with E-state index < -0.39 is 0 Å². The highest BCUT2D eigenvalue weighted by Crippen LogP contribution is 2.23. The van der Waals surface area contributed by atoms with Gasteiger partial charge >= 0.3 is 0 Å². The number of rotatable bonds is 7. The highest BCUT2D eigenvalue weighted by molar-refractivity contribution is 5.59. The number of morpholine rings is 1. The molecule has 4 rings (SSSR count). The third-order valence-corrected chi connectivity index (χ3v) is 4.50. The van der Waals surface area contributed by atoms with Crippen LogP contribution in [0.5, 0.6) is 5.75 Å². The molecule has 0 amide bonds. The third-order valence-electron chi connectivity index (χ3n) is 4.50. The molecule has 146 valence electrons. The highest BCUT2D eigenvalue weighted by Gasteiger charge is 2.13. The van der Waals surface area contributed by atoms with Crippen LogP contribution in [0.4, 0.5) is 5.82 Å². The van der Waals surface area contributed by atoms with Gasteiger partial charge in [-0.15, -0.1) is 10.2 Å². The fourth-order valence-corrected chi connectivity index (χ4v) is 2.89. The van der Waals surface area contributed by atoms with Gasteiger partial charge in [0.15, 0.2) is 5.69 Å². The van der Waals surface area contributed by atoms with Crippen LogP contribution in [0.25, 0.3) is 23.0 Å². The quantitative estimate of drug-likeness (QED) is 0.657. The smallest absolute Gasteiger partial charge is 0.278 e. The molecule has 1 aromatic carbocycles. The van der Waals surface area contributed by atoms with Gasteiger partial charge in [0, 0.05) is 31.7 Å². The van der Waals surface area contributed by atoms with Crippen molar-refractivity contribution in [2.24, 2.45) is 0 Å². The zero-order valence-electron chi connectivity index (χ0n) is 15.7. The fraction of sp³-hybridized carbons (Fsp3) is 0.368. The molecule has 0 bridgehead atoms. The lowest BCUT2D eigenvalue weighted by molar-refractivity contribution is 0.0398. The Morgan fingerprint density at radius 2 is 1.89 bits per heavy atom. The Hall–Kier alpha value is -3.04. The number of anilines is 1. The predicted molar refractivity (Wildman–Crippen MR) is 103 cm³/mol. The molecule has 0 saturated carbocycles. The predicted octanol–water partition coefficient (Wildman–Crippen LogP) is 1.95. The van der Waals surface area contributed by atoms with Crippen LogP contribution in [-0.4, -0.2) is 71.7 Å². The summed E-state index contributed by atoms with van der Waals surface area (Å²) in [6.45, 7) is 5.30. The summed E-state index contributed by atoms with van der Waals surface area (Å²) in [5.74, 6) is 2.31. The first-order valence-electron chi connectivity index (χ1n) is 9.18. The summed E-state index contributed by atoms with van der Waals surface area (Å²) in [5, 5.41) is 15.7. The molecular formula is C19H22N6O3. The van der Waals surface area contributed by atoms with Gasteiger partial charge in [-0.3, -0.25) is 4.90 Å². The molecule has 1 saturated heterocycles. The lowest BCUT2D eigenvalue weighted by Crippen LogP contribution is -2.39. The van der Waals surface area contributed by atoms with E-state index in [2.05, 4.69) is 30.6 Å². The first kappa shape index (κ1) is 18.3. The fourth-order valence-electron chi connectivity index (χ4n) is 2.89. The summed E-state index contributed by atoms with van der Waals surface area (Å²) >= 11 is 0. The van der Waals surface area contributed by atoms with Gasteiger partial charge in [0.05, 0.1) is 20.3 Å². The van der Waals surface area contributed by atoms with Gasteiger partial charge in [-0.25, -0.2) is 0 Å². The number of nitrogens with zero attached hydrogens (tertiary/aromatic N) is 5. The molecule has 2 aromatic heterocycles. The summed E-state index contributed by atoms with van der Waals surface area (Å²) in [6.07, 6.45) is 0.